The highest BCUT2D eigenvalue weighted by molar-refractivity contribution is 8.13. The molecular weight excluding hydrogens is 232 g/mol. The van der Waals surface area contributed by atoms with Crippen LogP contribution in [0.1, 0.15) is 26.2 Å². The van der Waals surface area contributed by atoms with Gasteiger partial charge in [-0.2, -0.15) is 0 Å². The van der Waals surface area contributed by atoms with Crippen molar-refractivity contribution in [3.8, 4) is 0 Å². The summed E-state index contributed by atoms with van der Waals surface area (Å²) in [5.74, 6) is 0.113. The summed E-state index contributed by atoms with van der Waals surface area (Å²) in [6, 6.07) is 12.0. The van der Waals surface area contributed by atoms with E-state index in [0.717, 1.165) is 12.8 Å². The molecule has 1 aromatic carbocycles. The molecule has 0 aliphatic rings. The van der Waals surface area contributed by atoms with Crippen molar-refractivity contribution < 1.29 is 8.42 Å². The Morgan fingerprint density at radius 3 is 1.60 bits per heavy atom. The van der Waals surface area contributed by atoms with Gasteiger partial charge in [0.05, 0.1) is 5.75 Å². The van der Waals surface area contributed by atoms with E-state index in [9.17, 15) is 8.42 Å². The van der Waals surface area contributed by atoms with Crippen molar-refractivity contribution in [3.05, 3.63) is 36.4 Å². The van der Waals surface area contributed by atoms with Gasteiger partial charge in [0.15, 0.2) is 0 Å². The molecule has 0 aromatic heterocycles. The van der Waals surface area contributed by atoms with E-state index in [1.54, 1.807) is 0 Å². The molecule has 0 fully saturated rings. The molecule has 1 rings (SSSR count). The molecule has 0 aliphatic heterocycles. The summed E-state index contributed by atoms with van der Waals surface area (Å²) < 4.78 is 20.5. The second-order valence-electron chi connectivity index (χ2n) is 3.10. The Morgan fingerprint density at radius 1 is 0.933 bits per heavy atom. The van der Waals surface area contributed by atoms with Crippen molar-refractivity contribution in [2.75, 3.05) is 5.75 Å². The van der Waals surface area contributed by atoms with Crippen molar-refractivity contribution >= 4 is 19.7 Å². The van der Waals surface area contributed by atoms with E-state index >= 15 is 0 Å². The average molecular weight is 249 g/mol. The van der Waals surface area contributed by atoms with E-state index in [1.165, 1.54) is 0 Å². The fourth-order valence-electron chi connectivity index (χ4n) is 0.909. The lowest BCUT2D eigenvalue weighted by molar-refractivity contribution is 0.604. The molecule has 15 heavy (non-hydrogen) atoms. The number of rotatable bonds is 4. The average Bonchev–Trinajstić information content (AvgIpc) is 2.20. The van der Waals surface area contributed by atoms with Crippen molar-refractivity contribution in [3.63, 3.8) is 0 Å². The minimum atomic E-state index is -3.22. The predicted molar refractivity (Wildman–Crippen MR) is 65.6 cm³/mol. The Hall–Kier alpha value is -0.540. The molecule has 0 aliphatic carbocycles. The zero-order chi connectivity index (χ0) is 11.6. The lowest BCUT2D eigenvalue weighted by Crippen LogP contribution is -1.95. The summed E-state index contributed by atoms with van der Waals surface area (Å²) >= 11 is 0. The maximum Gasteiger partial charge on any atom is 0.232 e. The largest absolute Gasteiger partial charge is 0.232 e. The van der Waals surface area contributed by atoms with Crippen molar-refractivity contribution in [1.82, 2.24) is 0 Å². The lowest BCUT2D eigenvalue weighted by Gasteiger charge is -1.92. The van der Waals surface area contributed by atoms with Crippen molar-refractivity contribution in [2.45, 2.75) is 26.2 Å². The van der Waals surface area contributed by atoms with E-state index in [2.05, 4.69) is 0 Å². The molecule has 4 heteroatoms. The van der Waals surface area contributed by atoms with Crippen LogP contribution in [0.3, 0.4) is 0 Å². The zero-order valence-corrected chi connectivity index (χ0v) is 10.5. The number of benzene rings is 1. The quantitative estimate of drug-likeness (QED) is 0.604. The second-order valence-corrected chi connectivity index (χ2v) is 6.00. The lowest BCUT2D eigenvalue weighted by atomic mass is 10.3. The molecule has 0 unspecified atom stereocenters. The van der Waals surface area contributed by atoms with E-state index in [0.29, 0.717) is 6.42 Å². The molecule has 0 saturated heterocycles. The SMILES string of the molecule is CCCCCS(=O)(=O)Cl.c1ccccc1. The van der Waals surface area contributed by atoms with Crippen LogP contribution in [0.5, 0.6) is 0 Å². The predicted octanol–water partition coefficient (Wildman–Crippen LogP) is 3.43. The van der Waals surface area contributed by atoms with Gasteiger partial charge in [-0.25, -0.2) is 8.42 Å². The molecule has 0 radical (unpaired) electrons. The summed E-state index contributed by atoms with van der Waals surface area (Å²) in [6.07, 6.45) is 2.64. The molecule has 0 atom stereocenters. The number of hydrogen-bond acceptors (Lipinski definition) is 2. The molecular formula is C11H17ClO2S. The Morgan fingerprint density at radius 2 is 1.33 bits per heavy atom. The van der Waals surface area contributed by atoms with Crippen LogP contribution >= 0.6 is 10.7 Å². The van der Waals surface area contributed by atoms with Gasteiger partial charge < -0.3 is 0 Å². The topological polar surface area (TPSA) is 34.1 Å². The van der Waals surface area contributed by atoms with E-state index in [1.807, 2.05) is 43.3 Å². The first-order valence-electron chi connectivity index (χ1n) is 4.98. The van der Waals surface area contributed by atoms with Crippen LogP contribution in [0, 0.1) is 0 Å². The highest BCUT2D eigenvalue weighted by Gasteiger charge is 2.02. The fraction of sp³-hybridized carbons (Fsp3) is 0.455. The fourth-order valence-corrected chi connectivity index (χ4v) is 1.79. The highest BCUT2D eigenvalue weighted by atomic mass is 35.7. The van der Waals surface area contributed by atoms with E-state index < -0.39 is 9.05 Å². The first-order chi connectivity index (χ1) is 7.06. The molecule has 0 heterocycles. The van der Waals surface area contributed by atoms with Crippen LogP contribution in [0.4, 0.5) is 0 Å². The Bertz CT molecular complexity index is 295. The minimum absolute atomic E-state index is 0.113. The number of halogens is 1. The summed E-state index contributed by atoms with van der Waals surface area (Å²) in [4.78, 5) is 0. The maximum atomic E-state index is 10.3. The standard InChI is InChI=1S/C6H6.C5H11ClO2S/c1-2-4-6-5-3-1;1-2-3-4-5-9(6,7)8/h1-6H;2-5H2,1H3. The van der Waals surface area contributed by atoms with Gasteiger partial charge in [0, 0.05) is 10.7 Å². The van der Waals surface area contributed by atoms with Gasteiger partial charge in [-0.3, -0.25) is 0 Å². The van der Waals surface area contributed by atoms with Crippen LogP contribution in [-0.4, -0.2) is 14.2 Å². The Balaban J connectivity index is 0.000000280. The van der Waals surface area contributed by atoms with Gasteiger partial charge in [-0.05, 0) is 6.42 Å². The van der Waals surface area contributed by atoms with Crippen LogP contribution in [-0.2, 0) is 9.05 Å². The highest BCUT2D eigenvalue weighted by Crippen LogP contribution is 2.02. The third-order valence-electron chi connectivity index (χ3n) is 1.66. The molecule has 1 aromatic rings. The molecule has 0 saturated carbocycles. The van der Waals surface area contributed by atoms with Crippen LogP contribution in [0.2, 0.25) is 0 Å². The normalized spacial score (nSPS) is 10.3. The van der Waals surface area contributed by atoms with Crippen LogP contribution in [0.25, 0.3) is 0 Å². The first-order valence-corrected chi connectivity index (χ1v) is 7.46. The van der Waals surface area contributed by atoms with Gasteiger partial charge in [0.25, 0.3) is 0 Å². The zero-order valence-electron chi connectivity index (χ0n) is 8.90. The van der Waals surface area contributed by atoms with E-state index in [-0.39, 0.29) is 5.75 Å². The summed E-state index contributed by atoms with van der Waals surface area (Å²) in [5.41, 5.74) is 0. The van der Waals surface area contributed by atoms with Gasteiger partial charge >= 0.3 is 0 Å². The third-order valence-corrected chi connectivity index (χ3v) is 2.90. The molecule has 0 amide bonds. The van der Waals surface area contributed by atoms with E-state index in [4.69, 9.17) is 10.7 Å². The monoisotopic (exact) mass is 248 g/mol. The van der Waals surface area contributed by atoms with Crippen LogP contribution < -0.4 is 0 Å². The molecule has 0 bridgehead atoms. The summed E-state index contributed by atoms with van der Waals surface area (Å²) in [5, 5.41) is 0. The number of hydrogen-bond donors (Lipinski definition) is 0. The van der Waals surface area contributed by atoms with Gasteiger partial charge in [0.1, 0.15) is 0 Å². The molecule has 0 spiro atoms. The Labute approximate surface area is 96.7 Å². The maximum absolute atomic E-state index is 10.3. The third kappa shape index (κ3) is 13.5. The first kappa shape index (κ1) is 14.5. The summed E-state index contributed by atoms with van der Waals surface area (Å²) in [7, 11) is 1.72. The minimum Gasteiger partial charge on any atom is -0.212 e. The van der Waals surface area contributed by atoms with Gasteiger partial charge in [-0.1, -0.05) is 56.2 Å². The van der Waals surface area contributed by atoms with Crippen LogP contribution in [0.15, 0.2) is 36.4 Å². The summed E-state index contributed by atoms with van der Waals surface area (Å²) in [6.45, 7) is 2.01. The smallest absolute Gasteiger partial charge is 0.212 e. The molecule has 86 valence electrons. The van der Waals surface area contributed by atoms with Crippen molar-refractivity contribution in [1.29, 1.82) is 0 Å². The number of unbranched alkanes of at least 4 members (excludes halogenated alkanes) is 2. The van der Waals surface area contributed by atoms with Gasteiger partial charge in [0.2, 0.25) is 9.05 Å². The van der Waals surface area contributed by atoms with Crippen molar-refractivity contribution in [2.24, 2.45) is 0 Å². The Kier molecular flexibility index (Phi) is 8.43. The molecule has 2 nitrogen and oxygen atoms in total. The van der Waals surface area contributed by atoms with Gasteiger partial charge in [-0.15, -0.1) is 0 Å². The second kappa shape index (κ2) is 8.74. The molecule has 0 N–H and O–H groups in total.